The lowest BCUT2D eigenvalue weighted by Crippen LogP contribution is -1.97. The van der Waals surface area contributed by atoms with Gasteiger partial charge in [0, 0.05) is 5.56 Å². The van der Waals surface area contributed by atoms with Gasteiger partial charge in [-0.2, -0.15) is 0 Å². The maximum absolute atomic E-state index is 13.1. The zero-order chi connectivity index (χ0) is 17.5. The average molecular weight is 337 g/mol. The van der Waals surface area contributed by atoms with E-state index in [-0.39, 0.29) is 5.82 Å². The molecule has 0 saturated carbocycles. The van der Waals surface area contributed by atoms with Crippen LogP contribution in [0.4, 0.5) is 4.39 Å². The largest absolute Gasteiger partial charge is 0.244 e. The molecule has 2 aromatic heterocycles. The van der Waals surface area contributed by atoms with Crippen molar-refractivity contribution in [2.75, 3.05) is 0 Å². The van der Waals surface area contributed by atoms with Crippen LogP contribution in [0.1, 0.15) is 51.1 Å². The summed E-state index contributed by atoms with van der Waals surface area (Å²) in [4.78, 5) is 13.5. The summed E-state index contributed by atoms with van der Waals surface area (Å²) in [5.74, 6) is -0.239. The predicted molar refractivity (Wildman–Crippen MR) is 99.8 cm³/mol. The predicted octanol–water partition coefficient (Wildman–Crippen LogP) is 5.73. The van der Waals surface area contributed by atoms with Crippen molar-refractivity contribution in [1.82, 2.24) is 15.0 Å². The highest BCUT2D eigenvalue weighted by molar-refractivity contribution is 5.79. The van der Waals surface area contributed by atoms with Gasteiger partial charge in [-0.15, -0.1) is 0 Å². The number of halogens is 1. The summed E-state index contributed by atoms with van der Waals surface area (Å²) in [7, 11) is 0. The standard InChI is InChI=1S/C21H24FN3/c1-2-3-4-5-6-7-8-19-21-20(24-15-23-19)14-13-18(25-21)16-9-11-17(22)12-10-16/h9-15H,2-8H2,1H3. The van der Waals surface area contributed by atoms with Crippen molar-refractivity contribution in [2.45, 2.75) is 51.9 Å². The summed E-state index contributed by atoms with van der Waals surface area (Å²) in [5, 5.41) is 0. The molecule has 0 saturated heterocycles. The first-order chi connectivity index (χ1) is 12.3. The summed E-state index contributed by atoms with van der Waals surface area (Å²) in [6, 6.07) is 10.3. The Morgan fingerprint density at radius 1 is 0.840 bits per heavy atom. The van der Waals surface area contributed by atoms with Gasteiger partial charge in [-0.25, -0.2) is 19.3 Å². The Hall–Kier alpha value is -2.36. The molecule has 0 spiro atoms. The van der Waals surface area contributed by atoms with Crippen molar-refractivity contribution in [3.05, 3.63) is 54.2 Å². The minimum atomic E-state index is -0.239. The molecule has 130 valence electrons. The van der Waals surface area contributed by atoms with E-state index in [0.29, 0.717) is 0 Å². The molecule has 0 aliphatic rings. The number of aromatic nitrogens is 3. The SMILES string of the molecule is CCCCCCCCc1ncnc2ccc(-c3ccc(F)cc3)nc12. The lowest BCUT2D eigenvalue weighted by atomic mass is 10.1. The van der Waals surface area contributed by atoms with E-state index < -0.39 is 0 Å². The normalized spacial score (nSPS) is 11.1. The molecule has 0 unspecified atom stereocenters. The van der Waals surface area contributed by atoms with Crippen LogP contribution in [0.15, 0.2) is 42.7 Å². The summed E-state index contributed by atoms with van der Waals surface area (Å²) < 4.78 is 13.1. The van der Waals surface area contributed by atoms with Crippen LogP contribution in [0.5, 0.6) is 0 Å². The third-order valence-corrected chi connectivity index (χ3v) is 4.46. The Bertz CT molecular complexity index is 815. The summed E-state index contributed by atoms with van der Waals surface area (Å²) in [5.41, 5.74) is 4.45. The van der Waals surface area contributed by atoms with Crippen molar-refractivity contribution in [2.24, 2.45) is 0 Å². The summed E-state index contributed by atoms with van der Waals surface area (Å²) in [6.07, 6.45) is 10.1. The molecular formula is C21H24FN3. The Kier molecular flexibility index (Phi) is 6.04. The second kappa shape index (κ2) is 8.65. The number of hydrogen-bond acceptors (Lipinski definition) is 3. The number of hydrogen-bond donors (Lipinski definition) is 0. The lowest BCUT2D eigenvalue weighted by Gasteiger charge is -2.07. The Balaban J connectivity index is 1.77. The first kappa shape index (κ1) is 17.5. The van der Waals surface area contributed by atoms with Gasteiger partial charge in [0.05, 0.1) is 16.9 Å². The third-order valence-electron chi connectivity index (χ3n) is 4.46. The van der Waals surface area contributed by atoms with Gasteiger partial charge < -0.3 is 0 Å². The molecule has 0 aliphatic heterocycles. The maximum Gasteiger partial charge on any atom is 0.123 e. The van der Waals surface area contributed by atoms with E-state index in [4.69, 9.17) is 4.98 Å². The van der Waals surface area contributed by atoms with Crippen LogP contribution in [-0.4, -0.2) is 15.0 Å². The van der Waals surface area contributed by atoms with Crippen LogP contribution in [0.2, 0.25) is 0 Å². The number of pyridine rings is 1. The summed E-state index contributed by atoms with van der Waals surface area (Å²) >= 11 is 0. The lowest BCUT2D eigenvalue weighted by molar-refractivity contribution is 0.605. The van der Waals surface area contributed by atoms with Gasteiger partial charge in [0.25, 0.3) is 0 Å². The number of benzene rings is 1. The van der Waals surface area contributed by atoms with Crippen LogP contribution in [0, 0.1) is 5.82 Å². The van der Waals surface area contributed by atoms with Crippen LogP contribution in [0.25, 0.3) is 22.3 Å². The summed E-state index contributed by atoms with van der Waals surface area (Å²) in [6.45, 7) is 2.23. The first-order valence-corrected chi connectivity index (χ1v) is 9.14. The van der Waals surface area contributed by atoms with Gasteiger partial charge in [0.1, 0.15) is 17.7 Å². The van der Waals surface area contributed by atoms with Crippen molar-refractivity contribution < 1.29 is 4.39 Å². The fraction of sp³-hybridized carbons (Fsp3) is 0.381. The van der Waals surface area contributed by atoms with Gasteiger partial charge in [-0.05, 0) is 49.2 Å². The van der Waals surface area contributed by atoms with E-state index in [2.05, 4.69) is 16.9 Å². The molecule has 0 bridgehead atoms. The second-order valence-corrected chi connectivity index (χ2v) is 6.41. The highest BCUT2D eigenvalue weighted by Gasteiger charge is 2.08. The van der Waals surface area contributed by atoms with E-state index >= 15 is 0 Å². The molecule has 3 nitrogen and oxygen atoms in total. The number of fused-ring (bicyclic) bond motifs is 1. The molecule has 0 aliphatic carbocycles. The molecular weight excluding hydrogens is 313 g/mol. The van der Waals surface area contributed by atoms with Crippen molar-refractivity contribution in [1.29, 1.82) is 0 Å². The van der Waals surface area contributed by atoms with Crippen molar-refractivity contribution in [3.8, 4) is 11.3 Å². The highest BCUT2D eigenvalue weighted by Crippen LogP contribution is 2.22. The Morgan fingerprint density at radius 3 is 2.40 bits per heavy atom. The molecule has 1 aromatic carbocycles. The third kappa shape index (κ3) is 4.59. The minimum absolute atomic E-state index is 0.239. The van der Waals surface area contributed by atoms with Crippen LogP contribution in [-0.2, 0) is 6.42 Å². The minimum Gasteiger partial charge on any atom is -0.244 e. The van der Waals surface area contributed by atoms with Crippen molar-refractivity contribution >= 4 is 11.0 Å². The van der Waals surface area contributed by atoms with Crippen LogP contribution >= 0.6 is 0 Å². The molecule has 25 heavy (non-hydrogen) atoms. The molecule has 4 heteroatoms. The number of rotatable bonds is 8. The van der Waals surface area contributed by atoms with Gasteiger partial charge in [-0.1, -0.05) is 39.0 Å². The first-order valence-electron chi connectivity index (χ1n) is 9.14. The fourth-order valence-corrected chi connectivity index (χ4v) is 3.03. The number of aryl methyl sites for hydroxylation is 1. The smallest absolute Gasteiger partial charge is 0.123 e. The van der Waals surface area contributed by atoms with E-state index in [1.807, 2.05) is 12.1 Å². The van der Waals surface area contributed by atoms with Crippen molar-refractivity contribution in [3.63, 3.8) is 0 Å². The molecule has 0 N–H and O–H groups in total. The molecule has 0 atom stereocenters. The molecule has 2 heterocycles. The fourth-order valence-electron chi connectivity index (χ4n) is 3.03. The zero-order valence-corrected chi connectivity index (χ0v) is 14.7. The Labute approximate surface area is 148 Å². The topological polar surface area (TPSA) is 38.7 Å². The van der Waals surface area contributed by atoms with Crippen LogP contribution < -0.4 is 0 Å². The maximum atomic E-state index is 13.1. The molecule has 3 rings (SSSR count). The number of nitrogens with zero attached hydrogens (tertiary/aromatic N) is 3. The molecule has 0 fully saturated rings. The molecule has 0 radical (unpaired) electrons. The Morgan fingerprint density at radius 2 is 1.60 bits per heavy atom. The monoisotopic (exact) mass is 337 g/mol. The second-order valence-electron chi connectivity index (χ2n) is 6.41. The van der Waals surface area contributed by atoms with Gasteiger partial charge in [0.15, 0.2) is 0 Å². The van der Waals surface area contributed by atoms with E-state index in [0.717, 1.165) is 40.8 Å². The van der Waals surface area contributed by atoms with Gasteiger partial charge in [0.2, 0.25) is 0 Å². The molecule has 0 amide bonds. The van der Waals surface area contributed by atoms with Gasteiger partial charge >= 0.3 is 0 Å². The van der Waals surface area contributed by atoms with Crippen LogP contribution in [0.3, 0.4) is 0 Å². The van der Waals surface area contributed by atoms with E-state index in [1.165, 1.54) is 44.2 Å². The molecule has 3 aromatic rings. The van der Waals surface area contributed by atoms with E-state index in [9.17, 15) is 4.39 Å². The van der Waals surface area contributed by atoms with E-state index in [1.54, 1.807) is 18.5 Å². The highest BCUT2D eigenvalue weighted by atomic mass is 19.1. The zero-order valence-electron chi connectivity index (χ0n) is 14.7. The quantitative estimate of drug-likeness (QED) is 0.492. The van der Waals surface area contributed by atoms with Gasteiger partial charge in [-0.3, -0.25) is 0 Å². The average Bonchev–Trinajstić information content (AvgIpc) is 2.65. The number of unbranched alkanes of at least 4 members (excludes halogenated alkanes) is 5.